The van der Waals surface area contributed by atoms with Gasteiger partial charge in [-0.3, -0.25) is 25.2 Å². The largest absolute Gasteiger partial charge is 0.372 e. The first kappa shape index (κ1) is 22.2. The van der Waals surface area contributed by atoms with E-state index in [1.165, 1.54) is 0 Å². The van der Waals surface area contributed by atoms with Crippen LogP contribution in [0.15, 0.2) is 48.5 Å². The molecular formula is C21H25ClN4O3. The summed E-state index contributed by atoms with van der Waals surface area (Å²) in [6.45, 7) is 6.01. The second-order valence-electron chi connectivity index (χ2n) is 6.21. The molecule has 0 aliphatic heterocycles. The summed E-state index contributed by atoms with van der Waals surface area (Å²) >= 11 is 5.96. The number of rotatable bonds is 8. The lowest BCUT2D eigenvalue weighted by atomic mass is 10.2. The fourth-order valence-corrected chi connectivity index (χ4v) is 2.93. The molecule has 8 heteroatoms. The number of nitrogens with zero attached hydrogens (tertiary/aromatic N) is 1. The van der Waals surface area contributed by atoms with Crippen molar-refractivity contribution in [3.05, 3.63) is 64.7 Å². The minimum Gasteiger partial charge on any atom is -0.372 e. The zero-order valence-electron chi connectivity index (χ0n) is 16.5. The minimum atomic E-state index is -0.419. The molecule has 0 atom stereocenters. The van der Waals surface area contributed by atoms with E-state index < -0.39 is 11.8 Å². The van der Waals surface area contributed by atoms with Crippen LogP contribution < -0.4 is 21.1 Å². The van der Waals surface area contributed by atoms with E-state index in [1.807, 2.05) is 12.1 Å². The Morgan fingerprint density at radius 2 is 1.55 bits per heavy atom. The fraction of sp³-hybridized carbons (Fsp3) is 0.286. The number of hydrogen-bond donors (Lipinski definition) is 3. The van der Waals surface area contributed by atoms with Crippen molar-refractivity contribution in [3.8, 4) is 0 Å². The highest BCUT2D eigenvalue weighted by molar-refractivity contribution is 6.33. The summed E-state index contributed by atoms with van der Waals surface area (Å²) in [5.74, 6) is -1.19. The zero-order valence-corrected chi connectivity index (χ0v) is 17.3. The van der Waals surface area contributed by atoms with Gasteiger partial charge in [0, 0.05) is 37.3 Å². The van der Waals surface area contributed by atoms with Crippen LogP contribution in [-0.4, -0.2) is 37.4 Å². The molecule has 7 nitrogen and oxygen atoms in total. The van der Waals surface area contributed by atoms with E-state index in [4.69, 9.17) is 11.6 Å². The van der Waals surface area contributed by atoms with Crippen molar-refractivity contribution in [2.45, 2.75) is 20.3 Å². The molecule has 2 aromatic carbocycles. The van der Waals surface area contributed by atoms with Gasteiger partial charge in [-0.25, -0.2) is 0 Å². The van der Waals surface area contributed by atoms with Gasteiger partial charge in [-0.05, 0) is 50.2 Å². The topological polar surface area (TPSA) is 90.5 Å². The van der Waals surface area contributed by atoms with Gasteiger partial charge in [0.2, 0.25) is 5.91 Å². The third kappa shape index (κ3) is 6.50. The molecule has 0 fully saturated rings. The first-order valence-corrected chi connectivity index (χ1v) is 9.81. The highest BCUT2D eigenvalue weighted by atomic mass is 35.5. The second kappa shape index (κ2) is 11.1. The normalized spacial score (nSPS) is 10.2. The Bertz CT molecular complexity index is 851. The number of hydrogen-bond acceptors (Lipinski definition) is 4. The molecule has 0 bridgehead atoms. The summed E-state index contributed by atoms with van der Waals surface area (Å²) in [5, 5.41) is 2.96. The SMILES string of the molecule is CCN(CC)c1ccc(C(=O)NNC(=O)CCNC(=O)c2ccccc2Cl)cc1. The summed E-state index contributed by atoms with van der Waals surface area (Å²) in [7, 11) is 0. The predicted octanol–water partition coefficient (Wildman–Crippen LogP) is 2.77. The average molecular weight is 417 g/mol. The average Bonchev–Trinajstić information content (AvgIpc) is 2.73. The maximum absolute atomic E-state index is 12.2. The van der Waals surface area contributed by atoms with E-state index in [2.05, 4.69) is 34.9 Å². The number of carbonyl (C=O) groups excluding carboxylic acids is 3. The molecule has 0 radical (unpaired) electrons. The standard InChI is InChI=1S/C21H25ClN4O3/c1-3-26(4-2)16-11-9-15(10-12-16)20(28)25-24-19(27)13-14-23-21(29)17-7-5-6-8-18(17)22/h5-12H,3-4,13-14H2,1-2H3,(H,23,29)(H,24,27)(H,25,28). The number of benzene rings is 2. The van der Waals surface area contributed by atoms with Gasteiger partial charge < -0.3 is 10.2 Å². The van der Waals surface area contributed by atoms with Crippen molar-refractivity contribution in [1.29, 1.82) is 0 Å². The van der Waals surface area contributed by atoms with E-state index in [0.29, 0.717) is 16.1 Å². The smallest absolute Gasteiger partial charge is 0.269 e. The molecule has 2 rings (SSSR count). The molecule has 0 saturated heterocycles. The lowest BCUT2D eigenvalue weighted by molar-refractivity contribution is -0.121. The van der Waals surface area contributed by atoms with Crippen LogP contribution >= 0.6 is 11.6 Å². The Hall–Kier alpha value is -3.06. The van der Waals surface area contributed by atoms with Crippen LogP contribution in [0.5, 0.6) is 0 Å². The number of hydrazine groups is 1. The van der Waals surface area contributed by atoms with Gasteiger partial charge in [-0.1, -0.05) is 23.7 Å². The summed E-state index contributed by atoms with van der Waals surface area (Å²) in [6, 6.07) is 13.8. The zero-order chi connectivity index (χ0) is 21.2. The lowest BCUT2D eigenvalue weighted by Crippen LogP contribution is -2.42. The van der Waals surface area contributed by atoms with Gasteiger partial charge in [-0.15, -0.1) is 0 Å². The molecule has 0 spiro atoms. The van der Waals surface area contributed by atoms with Crippen molar-refractivity contribution in [3.63, 3.8) is 0 Å². The first-order chi connectivity index (χ1) is 14.0. The van der Waals surface area contributed by atoms with Gasteiger partial charge in [0.25, 0.3) is 11.8 Å². The van der Waals surface area contributed by atoms with Crippen molar-refractivity contribution < 1.29 is 14.4 Å². The Labute approximate surface area is 175 Å². The monoisotopic (exact) mass is 416 g/mol. The summed E-state index contributed by atoms with van der Waals surface area (Å²) < 4.78 is 0. The predicted molar refractivity (Wildman–Crippen MR) is 114 cm³/mol. The Morgan fingerprint density at radius 1 is 0.897 bits per heavy atom. The molecule has 3 amide bonds. The van der Waals surface area contributed by atoms with Gasteiger partial charge in [0.1, 0.15) is 0 Å². The van der Waals surface area contributed by atoms with Crippen LogP contribution in [0.3, 0.4) is 0 Å². The number of nitrogens with one attached hydrogen (secondary N) is 3. The maximum Gasteiger partial charge on any atom is 0.269 e. The van der Waals surface area contributed by atoms with Crippen LogP contribution in [-0.2, 0) is 4.79 Å². The van der Waals surface area contributed by atoms with E-state index in [-0.39, 0.29) is 18.9 Å². The Morgan fingerprint density at radius 3 is 2.17 bits per heavy atom. The fourth-order valence-electron chi connectivity index (χ4n) is 2.70. The molecule has 154 valence electrons. The van der Waals surface area contributed by atoms with Crippen molar-refractivity contribution >= 4 is 35.0 Å². The third-order valence-electron chi connectivity index (χ3n) is 4.33. The van der Waals surface area contributed by atoms with E-state index in [9.17, 15) is 14.4 Å². The van der Waals surface area contributed by atoms with Crippen LogP contribution in [0.4, 0.5) is 5.69 Å². The highest BCUT2D eigenvalue weighted by Gasteiger charge is 2.11. The quantitative estimate of drug-likeness (QED) is 0.577. The van der Waals surface area contributed by atoms with Crippen LogP contribution in [0.1, 0.15) is 41.0 Å². The molecule has 0 aromatic heterocycles. The van der Waals surface area contributed by atoms with Crippen LogP contribution in [0.2, 0.25) is 5.02 Å². The second-order valence-corrected chi connectivity index (χ2v) is 6.61. The van der Waals surface area contributed by atoms with Gasteiger partial charge in [0.05, 0.1) is 10.6 Å². The maximum atomic E-state index is 12.2. The Kier molecular flexibility index (Phi) is 8.48. The summed E-state index contributed by atoms with van der Waals surface area (Å²) in [6.07, 6.45) is 0.0113. The lowest BCUT2D eigenvalue weighted by Gasteiger charge is -2.21. The van der Waals surface area contributed by atoms with Crippen molar-refractivity contribution in [2.24, 2.45) is 0 Å². The van der Waals surface area contributed by atoms with E-state index in [0.717, 1.165) is 18.8 Å². The number of halogens is 1. The Balaban J connectivity index is 1.75. The van der Waals surface area contributed by atoms with E-state index in [1.54, 1.807) is 36.4 Å². The summed E-state index contributed by atoms with van der Waals surface area (Å²) in [5.41, 5.74) is 6.52. The van der Waals surface area contributed by atoms with Crippen LogP contribution in [0.25, 0.3) is 0 Å². The molecule has 0 heterocycles. The molecular weight excluding hydrogens is 392 g/mol. The molecule has 29 heavy (non-hydrogen) atoms. The van der Waals surface area contributed by atoms with Crippen molar-refractivity contribution in [2.75, 3.05) is 24.5 Å². The molecule has 3 N–H and O–H groups in total. The van der Waals surface area contributed by atoms with Crippen LogP contribution in [0, 0.1) is 0 Å². The highest BCUT2D eigenvalue weighted by Crippen LogP contribution is 2.15. The van der Waals surface area contributed by atoms with E-state index >= 15 is 0 Å². The summed E-state index contributed by atoms with van der Waals surface area (Å²) in [4.78, 5) is 38.2. The van der Waals surface area contributed by atoms with Crippen molar-refractivity contribution in [1.82, 2.24) is 16.2 Å². The number of amides is 3. The third-order valence-corrected chi connectivity index (χ3v) is 4.66. The molecule has 0 saturated carbocycles. The molecule has 0 aliphatic rings. The minimum absolute atomic E-state index is 0.0113. The number of carbonyl (C=O) groups is 3. The van der Waals surface area contributed by atoms with Gasteiger partial charge >= 0.3 is 0 Å². The molecule has 2 aromatic rings. The first-order valence-electron chi connectivity index (χ1n) is 9.43. The van der Waals surface area contributed by atoms with Gasteiger partial charge in [-0.2, -0.15) is 0 Å². The molecule has 0 unspecified atom stereocenters. The van der Waals surface area contributed by atoms with Gasteiger partial charge in [0.15, 0.2) is 0 Å². The molecule has 0 aliphatic carbocycles. The number of anilines is 1.